The fourth-order valence-corrected chi connectivity index (χ4v) is 2.98. The molecule has 1 aliphatic rings. The van der Waals surface area contributed by atoms with E-state index in [0.717, 1.165) is 17.8 Å². The first-order chi connectivity index (χ1) is 13.3. The van der Waals surface area contributed by atoms with Crippen LogP contribution in [0.5, 0.6) is 5.88 Å². The van der Waals surface area contributed by atoms with Crippen molar-refractivity contribution in [2.24, 2.45) is 0 Å². The lowest BCUT2D eigenvalue weighted by atomic mass is 10.1. The third-order valence-corrected chi connectivity index (χ3v) is 4.69. The van der Waals surface area contributed by atoms with Crippen molar-refractivity contribution >= 4 is 17.6 Å². The van der Waals surface area contributed by atoms with E-state index in [2.05, 4.69) is 10.3 Å². The molecule has 1 saturated heterocycles. The van der Waals surface area contributed by atoms with Crippen LogP contribution in [0.25, 0.3) is 0 Å². The minimum atomic E-state index is -4.42. The average Bonchev–Trinajstić information content (AvgIpc) is 2.67. The van der Waals surface area contributed by atoms with Gasteiger partial charge in [-0.1, -0.05) is 23.7 Å². The Morgan fingerprint density at radius 3 is 2.43 bits per heavy atom. The van der Waals surface area contributed by atoms with Crippen molar-refractivity contribution in [2.45, 2.75) is 31.7 Å². The number of hydrogen-bond acceptors (Lipinski definition) is 3. The first-order valence-electron chi connectivity index (χ1n) is 8.78. The number of hydrogen-bond donors (Lipinski definition) is 1. The fourth-order valence-electron chi connectivity index (χ4n) is 2.86. The minimum absolute atomic E-state index is 0.152. The Morgan fingerprint density at radius 1 is 1.18 bits per heavy atom. The Balaban J connectivity index is 1.43. The summed E-state index contributed by atoms with van der Waals surface area (Å²) >= 11 is 5.83. The van der Waals surface area contributed by atoms with Gasteiger partial charge in [-0.2, -0.15) is 13.2 Å². The Morgan fingerprint density at radius 2 is 1.86 bits per heavy atom. The number of carbonyl (C=O) groups excluding carboxylic acids is 1. The van der Waals surface area contributed by atoms with E-state index in [-0.39, 0.29) is 18.0 Å². The largest absolute Gasteiger partial charge is 0.474 e. The maximum absolute atomic E-state index is 12.6. The number of ether oxygens (including phenoxy) is 1. The Hall–Kier alpha value is -2.48. The summed E-state index contributed by atoms with van der Waals surface area (Å²) in [5.74, 6) is 0.152. The molecule has 1 aromatic carbocycles. The number of nitrogens with zero attached hydrogens (tertiary/aromatic N) is 2. The van der Waals surface area contributed by atoms with Crippen molar-refractivity contribution in [3.63, 3.8) is 0 Å². The monoisotopic (exact) mass is 413 g/mol. The summed E-state index contributed by atoms with van der Waals surface area (Å²) in [6, 6.07) is 9.22. The molecule has 2 heterocycles. The van der Waals surface area contributed by atoms with Crippen LogP contribution in [0, 0.1) is 0 Å². The predicted octanol–water partition coefficient (Wildman–Crippen LogP) is 4.51. The average molecular weight is 414 g/mol. The number of likely N-dealkylation sites (tertiary alicyclic amines) is 1. The maximum Gasteiger partial charge on any atom is 0.417 e. The molecule has 5 nitrogen and oxygen atoms in total. The van der Waals surface area contributed by atoms with Gasteiger partial charge in [-0.25, -0.2) is 9.78 Å². The van der Waals surface area contributed by atoms with Gasteiger partial charge in [0.25, 0.3) is 0 Å². The van der Waals surface area contributed by atoms with E-state index >= 15 is 0 Å². The first kappa shape index (κ1) is 20.3. The SMILES string of the molecule is O=C(NCc1ccc(Cl)cc1)N1CCC(Oc2ccc(C(F)(F)F)cn2)CC1. The minimum Gasteiger partial charge on any atom is -0.474 e. The molecule has 9 heteroatoms. The molecule has 0 unspecified atom stereocenters. The van der Waals surface area contributed by atoms with Crippen LogP contribution in [0.1, 0.15) is 24.0 Å². The zero-order valence-corrected chi connectivity index (χ0v) is 15.6. The van der Waals surface area contributed by atoms with Gasteiger partial charge in [0.1, 0.15) is 6.10 Å². The van der Waals surface area contributed by atoms with Gasteiger partial charge in [0.15, 0.2) is 0 Å². The first-order valence-corrected chi connectivity index (χ1v) is 9.16. The number of pyridine rings is 1. The highest BCUT2D eigenvalue weighted by atomic mass is 35.5. The molecule has 0 radical (unpaired) electrons. The summed E-state index contributed by atoms with van der Waals surface area (Å²) in [5, 5.41) is 3.50. The number of urea groups is 1. The highest BCUT2D eigenvalue weighted by Crippen LogP contribution is 2.29. The number of carbonyl (C=O) groups is 1. The van der Waals surface area contributed by atoms with E-state index in [4.69, 9.17) is 16.3 Å². The van der Waals surface area contributed by atoms with Gasteiger partial charge in [0.05, 0.1) is 5.56 Å². The Labute approximate surface area is 165 Å². The van der Waals surface area contributed by atoms with Crippen LogP contribution < -0.4 is 10.1 Å². The van der Waals surface area contributed by atoms with E-state index in [1.54, 1.807) is 17.0 Å². The smallest absolute Gasteiger partial charge is 0.417 e. The predicted molar refractivity (Wildman–Crippen MR) is 98.1 cm³/mol. The molecule has 0 aliphatic carbocycles. The third-order valence-electron chi connectivity index (χ3n) is 4.44. The summed E-state index contributed by atoms with van der Waals surface area (Å²) in [6.07, 6.45) is -2.69. The number of amides is 2. The van der Waals surface area contributed by atoms with Gasteiger partial charge < -0.3 is 15.0 Å². The van der Waals surface area contributed by atoms with Crippen LogP contribution in [0.4, 0.5) is 18.0 Å². The second-order valence-corrected chi connectivity index (χ2v) is 6.91. The molecule has 0 spiro atoms. The van der Waals surface area contributed by atoms with E-state index < -0.39 is 11.7 Å². The van der Waals surface area contributed by atoms with Crippen LogP contribution in [0.15, 0.2) is 42.6 Å². The lowest BCUT2D eigenvalue weighted by Gasteiger charge is -2.32. The number of halogens is 4. The lowest BCUT2D eigenvalue weighted by molar-refractivity contribution is -0.137. The molecule has 1 aromatic heterocycles. The van der Waals surface area contributed by atoms with E-state index in [1.807, 2.05) is 12.1 Å². The van der Waals surface area contributed by atoms with Crippen molar-refractivity contribution in [3.8, 4) is 5.88 Å². The van der Waals surface area contributed by atoms with E-state index in [1.165, 1.54) is 6.07 Å². The fraction of sp³-hybridized carbons (Fsp3) is 0.368. The second kappa shape index (κ2) is 8.68. The molecule has 0 atom stereocenters. The number of alkyl halides is 3. The highest BCUT2D eigenvalue weighted by molar-refractivity contribution is 6.30. The van der Waals surface area contributed by atoms with Gasteiger partial charge in [-0.3, -0.25) is 0 Å². The zero-order chi connectivity index (χ0) is 20.1. The standard InChI is InChI=1S/C19H19ClF3N3O2/c20-15-4-1-13(2-5-15)11-25-18(27)26-9-7-16(8-10-26)28-17-6-3-14(12-24-17)19(21,22)23/h1-6,12,16H,7-11H2,(H,25,27). The van der Waals surface area contributed by atoms with Crippen LogP contribution in [-0.2, 0) is 12.7 Å². The molecule has 1 N–H and O–H groups in total. The van der Waals surface area contributed by atoms with Gasteiger partial charge in [-0.15, -0.1) is 0 Å². The second-order valence-electron chi connectivity index (χ2n) is 6.47. The molecule has 0 saturated carbocycles. The molecule has 0 bridgehead atoms. The number of piperidine rings is 1. The van der Waals surface area contributed by atoms with Crippen molar-refractivity contribution in [3.05, 3.63) is 58.7 Å². The topological polar surface area (TPSA) is 54.5 Å². The molecule has 3 rings (SSSR count). The normalized spacial score (nSPS) is 15.4. The summed E-state index contributed by atoms with van der Waals surface area (Å²) in [5.41, 5.74) is 0.136. The summed E-state index contributed by atoms with van der Waals surface area (Å²) < 4.78 is 43.3. The van der Waals surface area contributed by atoms with Gasteiger partial charge in [-0.05, 0) is 23.8 Å². The van der Waals surface area contributed by atoms with Crippen LogP contribution in [0.3, 0.4) is 0 Å². The molecule has 28 heavy (non-hydrogen) atoms. The van der Waals surface area contributed by atoms with E-state index in [0.29, 0.717) is 37.5 Å². The molecular formula is C19H19ClF3N3O2. The summed E-state index contributed by atoms with van der Waals surface area (Å²) in [4.78, 5) is 17.7. The molecule has 1 fully saturated rings. The maximum atomic E-state index is 12.6. The molecule has 2 amide bonds. The zero-order valence-electron chi connectivity index (χ0n) is 14.9. The lowest BCUT2D eigenvalue weighted by Crippen LogP contribution is -2.46. The molecule has 1 aliphatic heterocycles. The van der Waals surface area contributed by atoms with Crippen LogP contribution in [-0.4, -0.2) is 35.1 Å². The van der Waals surface area contributed by atoms with Crippen molar-refractivity contribution < 1.29 is 22.7 Å². The third kappa shape index (κ3) is 5.51. The number of benzene rings is 1. The summed E-state index contributed by atoms with van der Waals surface area (Å²) in [7, 11) is 0. The van der Waals surface area contributed by atoms with Crippen molar-refractivity contribution in [2.75, 3.05) is 13.1 Å². The number of nitrogens with one attached hydrogen (secondary N) is 1. The number of rotatable bonds is 4. The Bertz CT molecular complexity index is 790. The highest BCUT2D eigenvalue weighted by Gasteiger charge is 2.31. The van der Waals surface area contributed by atoms with Gasteiger partial charge in [0.2, 0.25) is 5.88 Å². The van der Waals surface area contributed by atoms with Crippen LogP contribution in [0.2, 0.25) is 5.02 Å². The Kier molecular flexibility index (Phi) is 6.28. The molecular weight excluding hydrogens is 395 g/mol. The summed E-state index contributed by atoms with van der Waals surface area (Å²) in [6.45, 7) is 1.40. The molecule has 2 aromatic rings. The van der Waals surface area contributed by atoms with Crippen molar-refractivity contribution in [1.82, 2.24) is 15.2 Å². The number of aromatic nitrogens is 1. The molecule has 150 valence electrons. The van der Waals surface area contributed by atoms with Gasteiger partial charge >= 0.3 is 12.2 Å². The van der Waals surface area contributed by atoms with E-state index in [9.17, 15) is 18.0 Å². The quantitative estimate of drug-likeness (QED) is 0.802. The van der Waals surface area contributed by atoms with Crippen LogP contribution >= 0.6 is 11.6 Å². The van der Waals surface area contributed by atoms with Gasteiger partial charge in [0, 0.05) is 49.8 Å². The van der Waals surface area contributed by atoms with Crippen molar-refractivity contribution in [1.29, 1.82) is 0 Å².